The first kappa shape index (κ1) is 19.2. The molecule has 158 valence electrons. The Morgan fingerprint density at radius 1 is 1.20 bits per heavy atom. The van der Waals surface area contributed by atoms with Crippen molar-refractivity contribution in [3.8, 4) is 17.2 Å². The third kappa shape index (κ3) is 3.59. The Hall–Kier alpha value is -2.77. The molecule has 3 aliphatic rings. The number of carbonyl (C=O) groups excluding carboxylic acids is 1. The van der Waals surface area contributed by atoms with Crippen LogP contribution in [0.4, 0.5) is 0 Å². The molecule has 0 saturated carbocycles. The number of nitrogens with one attached hydrogen (secondary N) is 1. The highest BCUT2D eigenvalue weighted by atomic mass is 16.7. The van der Waals surface area contributed by atoms with E-state index < -0.39 is 0 Å². The number of amides is 1. The van der Waals surface area contributed by atoms with Crippen molar-refractivity contribution in [2.45, 2.75) is 25.0 Å². The van der Waals surface area contributed by atoms with Gasteiger partial charge in [-0.3, -0.25) is 9.69 Å². The zero-order chi connectivity index (χ0) is 20.5. The monoisotopic (exact) mass is 409 g/mol. The predicted molar refractivity (Wildman–Crippen MR) is 112 cm³/mol. The smallest absolute Gasteiger partial charge is 0.254 e. The molecule has 0 aromatic heterocycles. The van der Waals surface area contributed by atoms with Crippen molar-refractivity contribution < 1.29 is 19.0 Å². The van der Waals surface area contributed by atoms with Crippen LogP contribution in [0.3, 0.4) is 0 Å². The molecule has 2 bridgehead atoms. The molecular formula is C23H27N3O4. The fraction of sp³-hybridized carbons (Fsp3) is 0.435. The summed E-state index contributed by atoms with van der Waals surface area (Å²) in [7, 11) is 1.64. The summed E-state index contributed by atoms with van der Waals surface area (Å²) in [6, 6.07) is 14.2. The molecule has 1 N–H and O–H groups in total. The van der Waals surface area contributed by atoms with Gasteiger partial charge in [0.1, 0.15) is 0 Å². The van der Waals surface area contributed by atoms with Crippen LogP contribution in [0.5, 0.6) is 17.2 Å². The van der Waals surface area contributed by atoms with Gasteiger partial charge in [0, 0.05) is 50.4 Å². The van der Waals surface area contributed by atoms with Crippen molar-refractivity contribution in [1.82, 2.24) is 15.1 Å². The fourth-order valence-corrected chi connectivity index (χ4v) is 4.70. The van der Waals surface area contributed by atoms with E-state index in [2.05, 4.69) is 15.1 Å². The van der Waals surface area contributed by atoms with Crippen LogP contribution in [0.25, 0.3) is 0 Å². The molecule has 2 fully saturated rings. The molecule has 7 heteroatoms. The number of nitrogens with zero attached hydrogens (tertiary/aromatic N) is 2. The standard InChI is InChI=1S/C23H27N3O4/c1-28-20-9-16(10-21-22(20)30-15-29-21)11-24-12-19-14-26(18-7-8-25(19)13-18)23(27)17-5-3-2-4-6-17/h2-6,9-10,18-19,24H,7-8,11-15H2,1H3/t18-,19-/m0/s1. The first-order valence-electron chi connectivity index (χ1n) is 10.5. The summed E-state index contributed by atoms with van der Waals surface area (Å²) < 4.78 is 16.4. The minimum absolute atomic E-state index is 0.146. The number of rotatable bonds is 6. The average molecular weight is 409 g/mol. The maximum Gasteiger partial charge on any atom is 0.254 e. The third-order valence-corrected chi connectivity index (χ3v) is 6.27. The van der Waals surface area contributed by atoms with E-state index in [1.165, 1.54) is 0 Å². The Morgan fingerprint density at radius 3 is 2.90 bits per heavy atom. The van der Waals surface area contributed by atoms with Crippen LogP contribution in [0.1, 0.15) is 22.3 Å². The van der Waals surface area contributed by atoms with Gasteiger partial charge in [-0.25, -0.2) is 0 Å². The summed E-state index contributed by atoms with van der Waals surface area (Å²) in [6.45, 7) is 4.52. The number of hydrogen-bond donors (Lipinski definition) is 1. The van der Waals surface area contributed by atoms with Gasteiger partial charge in [0.25, 0.3) is 5.91 Å². The van der Waals surface area contributed by atoms with E-state index in [9.17, 15) is 4.79 Å². The molecule has 0 radical (unpaired) electrons. The van der Waals surface area contributed by atoms with Crippen molar-refractivity contribution in [3.63, 3.8) is 0 Å². The van der Waals surface area contributed by atoms with Gasteiger partial charge in [-0.1, -0.05) is 18.2 Å². The van der Waals surface area contributed by atoms with E-state index >= 15 is 0 Å². The summed E-state index contributed by atoms with van der Waals surface area (Å²) in [4.78, 5) is 17.6. The number of carbonyl (C=O) groups is 1. The Balaban J connectivity index is 1.23. The highest BCUT2D eigenvalue weighted by molar-refractivity contribution is 5.94. The fourth-order valence-electron chi connectivity index (χ4n) is 4.70. The lowest BCUT2D eigenvalue weighted by molar-refractivity contribution is 0.0495. The second-order valence-corrected chi connectivity index (χ2v) is 8.08. The Bertz CT molecular complexity index is 920. The van der Waals surface area contributed by atoms with E-state index in [1.807, 2.05) is 42.5 Å². The topological polar surface area (TPSA) is 63.3 Å². The van der Waals surface area contributed by atoms with Gasteiger partial charge >= 0.3 is 0 Å². The van der Waals surface area contributed by atoms with Crippen molar-refractivity contribution in [2.75, 3.05) is 40.1 Å². The van der Waals surface area contributed by atoms with Crippen LogP contribution >= 0.6 is 0 Å². The predicted octanol–water partition coefficient (Wildman–Crippen LogP) is 2.11. The molecule has 1 amide bonds. The summed E-state index contributed by atoms with van der Waals surface area (Å²) in [6.07, 6.45) is 1.05. The molecule has 2 aromatic carbocycles. The molecule has 3 atom stereocenters. The van der Waals surface area contributed by atoms with Gasteiger partial charge in [-0.2, -0.15) is 0 Å². The SMILES string of the molecule is COc1cc(CNC[C@H]2CN(C(=O)c3ccccc3)[C@H]3CCN2C3)cc2c1OCO2. The maximum atomic E-state index is 13.1. The zero-order valence-electron chi connectivity index (χ0n) is 17.2. The van der Waals surface area contributed by atoms with Crippen LogP contribution in [0.2, 0.25) is 0 Å². The van der Waals surface area contributed by atoms with Crippen LogP contribution in [0, 0.1) is 0 Å². The third-order valence-electron chi connectivity index (χ3n) is 6.27. The Kier molecular flexibility index (Phi) is 5.23. The van der Waals surface area contributed by atoms with Gasteiger partial charge in [0.15, 0.2) is 11.5 Å². The Labute approximate surface area is 176 Å². The van der Waals surface area contributed by atoms with Gasteiger partial charge in [0.05, 0.1) is 7.11 Å². The van der Waals surface area contributed by atoms with Crippen LogP contribution in [-0.4, -0.2) is 67.9 Å². The van der Waals surface area contributed by atoms with Gasteiger partial charge in [-0.05, 0) is 36.2 Å². The molecule has 0 aliphatic carbocycles. The average Bonchev–Trinajstić information content (AvgIpc) is 3.42. The maximum absolute atomic E-state index is 13.1. The number of piperazine rings is 1. The highest BCUT2D eigenvalue weighted by Gasteiger charge is 2.40. The number of fused-ring (bicyclic) bond motifs is 3. The lowest BCUT2D eigenvalue weighted by Gasteiger charge is -2.40. The number of ether oxygens (including phenoxy) is 3. The van der Waals surface area contributed by atoms with Crippen molar-refractivity contribution in [2.24, 2.45) is 0 Å². The lowest BCUT2D eigenvalue weighted by atomic mass is 10.1. The number of benzene rings is 2. The summed E-state index contributed by atoms with van der Waals surface area (Å²) in [5, 5.41) is 3.56. The quantitative estimate of drug-likeness (QED) is 0.789. The second kappa shape index (κ2) is 8.16. The van der Waals surface area contributed by atoms with Crippen LogP contribution < -0.4 is 19.5 Å². The number of hydrogen-bond acceptors (Lipinski definition) is 6. The first-order chi connectivity index (χ1) is 14.7. The van der Waals surface area contributed by atoms with Crippen LogP contribution in [0.15, 0.2) is 42.5 Å². The molecule has 2 saturated heterocycles. The van der Waals surface area contributed by atoms with Gasteiger partial charge in [0.2, 0.25) is 12.5 Å². The molecule has 1 unspecified atom stereocenters. The molecule has 3 aliphatic heterocycles. The summed E-state index contributed by atoms with van der Waals surface area (Å²) >= 11 is 0. The molecular weight excluding hydrogens is 382 g/mol. The summed E-state index contributed by atoms with van der Waals surface area (Å²) in [5.41, 5.74) is 1.86. The molecule has 5 rings (SSSR count). The van der Waals surface area contributed by atoms with E-state index in [1.54, 1.807) is 7.11 Å². The van der Waals surface area contributed by atoms with E-state index in [0.717, 1.165) is 49.5 Å². The minimum Gasteiger partial charge on any atom is -0.493 e. The lowest BCUT2D eigenvalue weighted by Crippen LogP contribution is -2.57. The molecule has 2 aromatic rings. The second-order valence-electron chi connectivity index (χ2n) is 8.08. The van der Waals surface area contributed by atoms with Crippen molar-refractivity contribution in [3.05, 3.63) is 53.6 Å². The summed E-state index contributed by atoms with van der Waals surface area (Å²) in [5.74, 6) is 2.24. The van der Waals surface area contributed by atoms with Gasteiger partial charge < -0.3 is 24.4 Å². The highest BCUT2D eigenvalue weighted by Crippen LogP contribution is 2.41. The normalized spacial score (nSPS) is 24.2. The Morgan fingerprint density at radius 2 is 2.07 bits per heavy atom. The van der Waals surface area contributed by atoms with E-state index in [-0.39, 0.29) is 12.7 Å². The molecule has 30 heavy (non-hydrogen) atoms. The molecule has 7 nitrogen and oxygen atoms in total. The van der Waals surface area contributed by atoms with Crippen molar-refractivity contribution in [1.29, 1.82) is 0 Å². The zero-order valence-corrected chi connectivity index (χ0v) is 17.2. The van der Waals surface area contributed by atoms with E-state index in [4.69, 9.17) is 14.2 Å². The molecule has 3 heterocycles. The number of methoxy groups -OCH3 is 1. The molecule has 0 spiro atoms. The van der Waals surface area contributed by atoms with Crippen molar-refractivity contribution >= 4 is 5.91 Å². The largest absolute Gasteiger partial charge is 0.493 e. The minimum atomic E-state index is 0.146. The van der Waals surface area contributed by atoms with Crippen LogP contribution in [-0.2, 0) is 6.54 Å². The van der Waals surface area contributed by atoms with E-state index in [0.29, 0.717) is 30.1 Å². The van der Waals surface area contributed by atoms with Gasteiger partial charge in [-0.15, -0.1) is 0 Å². The first-order valence-corrected chi connectivity index (χ1v) is 10.5.